The molecule has 3 aromatic rings. The molecule has 130 valence electrons. The van der Waals surface area contributed by atoms with Crippen LogP contribution in [0.2, 0.25) is 5.02 Å². The third-order valence-electron chi connectivity index (χ3n) is 4.01. The molecule has 0 aliphatic carbocycles. The average molecular weight is 366 g/mol. The number of hydrogen-bond acceptors (Lipinski definition) is 3. The lowest BCUT2D eigenvalue weighted by atomic mass is 10.1. The summed E-state index contributed by atoms with van der Waals surface area (Å²) in [5.74, 6) is -0.541. The van der Waals surface area contributed by atoms with E-state index < -0.39 is 5.91 Å². The first kappa shape index (κ1) is 17.6. The molecule has 0 aliphatic heterocycles. The van der Waals surface area contributed by atoms with Gasteiger partial charge >= 0.3 is 0 Å². The number of hydrogen-bond donors (Lipinski definition) is 3. The zero-order valence-corrected chi connectivity index (χ0v) is 14.5. The maximum atomic E-state index is 12.2. The quantitative estimate of drug-likeness (QED) is 0.474. The van der Waals surface area contributed by atoms with Gasteiger partial charge in [-0.1, -0.05) is 29.8 Å². The molecule has 3 rings (SSSR count). The van der Waals surface area contributed by atoms with Gasteiger partial charge in [0.15, 0.2) is 0 Å². The minimum absolute atomic E-state index is 0.0475. The molecule has 1 amide bonds. The molecule has 26 heavy (non-hydrogen) atoms. The van der Waals surface area contributed by atoms with E-state index in [1.165, 1.54) is 24.3 Å². The number of fused-ring (bicyclic) bond motifs is 1. The first-order valence-electron chi connectivity index (χ1n) is 8.02. The molecule has 2 aromatic carbocycles. The molecule has 0 radical (unpaired) electrons. The lowest BCUT2D eigenvalue weighted by Gasteiger charge is -2.05. The number of amides is 1. The van der Waals surface area contributed by atoms with Crippen LogP contribution in [0, 0.1) is 11.3 Å². The fourth-order valence-electron chi connectivity index (χ4n) is 2.69. The van der Waals surface area contributed by atoms with Gasteiger partial charge in [-0.15, -0.1) is 0 Å². The van der Waals surface area contributed by atoms with Crippen molar-refractivity contribution < 1.29 is 9.90 Å². The van der Waals surface area contributed by atoms with Crippen molar-refractivity contribution >= 4 is 34.5 Å². The first-order chi connectivity index (χ1) is 12.6. The minimum atomic E-state index is -0.494. The molecule has 0 atom stereocenters. The van der Waals surface area contributed by atoms with E-state index in [0.717, 1.165) is 16.5 Å². The Bertz CT molecular complexity index is 1030. The zero-order chi connectivity index (χ0) is 18.5. The molecule has 0 saturated heterocycles. The van der Waals surface area contributed by atoms with E-state index in [-0.39, 0.29) is 11.3 Å². The summed E-state index contributed by atoms with van der Waals surface area (Å²) in [6.07, 6.45) is 3.88. The summed E-state index contributed by atoms with van der Waals surface area (Å²) in [5.41, 5.74) is 2.36. The van der Waals surface area contributed by atoms with Crippen LogP contribution in [-0.2, 0) is 11.2 Å². The molecular weight excluding hydrogens is 350 g/mol. The minimum Gasteiger partial charge on any atom is -0.507 e. The van der Waals surface area contributed by atoms with Crippen molar-refractivity contribution in [2.24, 2.45) is 0 Å². The zero-order valence-electron chi connectivity index (χ0n) is 13.8. The van der Waals surface area contributed by atoms with Gasteiger partial charge in [-0.05, 0) is 42.3 Å². The SMILES string of the molecule is N#C/C(=C/c1cc(Cl)ccc1O)C(=O)NCCc1c[nH]c2ccccc12. The van der Waals surface area contributed by atoms with E-state index in [0.29, 0.717) is 23.6 Å². The molecule has 0 saturated carbocycles. The second-order valence-corrected chi connectivity index (χ2v) is 6.17. The van der Waals surface area contributed by atoms with Crippen LogP contribution in [0.25, 0.3) is 17.0 Å². The lowest BCUT2D eigenvalue weighted by molar-refractivity contribution is -0.117. The normalized spacial score (nSPS) is 11.3. The Morgan fingerprint density at radius 2 is 2.12 bits per heavy atom. The van der Waals surface area contributed by atoms with Crippen molar-refractivity contribution in [1.82, 2.24) is 10.3 Å². The number of phenols is 1. The highest BCUT2D eigenvalue weighted by atomic mass is 35.5. The number of aromatic nitrogens is 1. The molecule has 1 heterocycles. The number of nitrogens with one attached hydrogen (secondary N) is 2. The van der Waals surface area contributed by atoms with Crippen molar-refractivity contribution in [2.75, 3.05) is 6.54 Å². The van der Waals surface area contributed by atoms with E-state index in [4.69, 9.17) is 11.6 Å². The van der Waals surface area contributed by atoms with Crippen LogP contribution in [0.15, 0.2) is 54.2 Å². The fraction of sp³-hybridized carbons (Fsp3) is 0.100. The highest BCUT2D eigenvalue weighted by Gasteiger charge is 2.11. The highest BCUT2D eigenvalue weighted by Crippen LogP contribution is 2.24. The molecule has 5 nitrogen and oxygen atoms in total. The van der Waals surface area contributed by atoms with Crippen molar-refractivity contribution in [2.45, 2.75) is 6.42 Å². The van der Waals surface area contributed by atoms with Crippen LogP contribution in [0.5, 0.6) is 5.75 Å². The smallest absolute Gasteiger partial charge is 0.261 e. The number of phenolic OH excluding ortho intramolecular Hbond substituents is 1. The Hall–Kier alpha value is -3.23. The number of aromatic hydroxyl groups is 1. The monoisotopic (exact) mass is 365 g/mol. The van der Waals surface area contributed by atoms with Crippen LogP contribution in [0.1, 0.15) is 11.1 Å². The molecule has 0 bridgehead atoms. The Morgan fingerprint density at radius 1 is 1.31 bits per heavy atom. The molecule has 6 heteroatoms. The Morgan fingerprint density at radius 3 is 2.92 bits per heavy atom. The Kier molecular flexibility index (Phi) is 5.26. The van der Waals surface area contributed by atoms with Crippen LogP contribution < -0.4 is 5.32 Å². The van der Waals surface area contributed by atoms with Crippen molar-refractivity contribution in [3.63, 3.8) is 0 Å². The van der Waals surface area contributed by atoms with Gasteiger partial charge in [0.2, 0.25) is 0 Å². The summed E-state index contributed by atoms with van der Waals surface area (Å²) < 4.78 is 0. The van der Waals surface area contributed by atoms with E-state index in [1.807, 2.05) is 36.5 Å². The summed E-state index contributed by atoms with van der Waals surface area (Å²) >= 11 is 5.88. The maximum absolute atomic E-state index is 12.2. The average Bonchev–Trinajstić information content (AvgIpc) is 3.05. The largest absolute Gasteiger partial charge is 0.507 e. The number of rotatable bonds is 5. The number of carbonyl (C=O) groups is 1. The number of halogens is 1. The van der Waals surface area contributed by atoms with Crippen molar-refractivity contribution in [3.05, 3.63) is 70.4 Å². The maximum Gasteiger partial charge on any atom is 0.261 e. The summed E-state index contributed by atoms with van der Waals surface area (Å²) in [6, 6.07) is 14.2. The Labute approximate surface area is 155 Å². The standard InChI is InChI=1S/C20H16ClN3O2/c21-16-5-6-19(25)14(10-16)9-15(11-22)20(26)23-8-7-13-12-24-18-4-2-1-3-17(13)18/h1-6,9-10,12,24-25H,7-8H2,(H,23,26)/b15-9-. The van der Waals surface area contributed by atoms with E-state index in [9.17, 15) is 15.2 Å². The molecule has 3 N–H and O–H groups in total. The third-order valence-corrected chi connectivity index (χ3v) is 4.24. The van der Waals surface area contributed by atoms with Gasteiger partial charge in [-0.25, -0.2) is 0 Å². The predicted octanol–water partition coefficient (Wildman–Crippen LogP) is 3.79. The van der Waals surface area contributed by atoms with Crippen LogP contribution in [0.4, 0.5) is 0 Å². The molecular formula is C20H16ClN3O2. The number of aromatic amines is 1. The topological polar surface area (TPSA) is 88.9 Å². The van der Waals surface area contributed by atoms with Crippen molar-refractivity contribution in [3.8, 4) is 11.8 Å². The molecule has 0 aliphatic rings. The Balaban J connectivity index is 1.67. The summed E-state index contributed by atoms with van der Waals surface area (Å²) in [5, 5.41) is 23.3. The number of carbonyl (C=O) groups excluding carboxylic acids is 1. The molecule has 0 fully saturated rings. The van der Waals surface area contributed by atoms with Gasteiger partial charge in [0, 0.05) is 34.2 Å². The second kappa shape index (κ2) is 7.77. The van der Waals surface area contributed by atoms with Gasteiger partial charge in [0.1, 0.15) is 17.4 Å². The lowest BCUT2D eigenvalue weighted by Crippen LogP contribution is -2.26. The van der Waals surface area contributed by atoms with Crippen molar-refractivity contribution in [1.29, 1.82) is 5.26 Å². The number of para-hydroxylation sites is 1. The molecule has 0 unspecified atom stereocenters. The van der Waals surface area contributed by atoms with Gasteiger partial charge in [-0.3, -0.25) is 4.79 Å². The van der Waals surface area contributed by atoms with E-state index >= 15 is 0 Å². The van der Waals surface area contributed by atoms with E-state index in [1.54, 1.807) is 0 Å². The van der Waals surface area contributed by atoms with Gasteiger partial charge in [0.05, 0.1) is 0 Å². The number of nitrogens with zero attached hydrogens (tertiary/aromatic N) is 1. The first-order valence-corrected chi connectivity index (χ1v) is 8.40. The molecule has 0 spiro atoms. The molecule has 1 aromatic heterocycles. The predicted molar refractivity (Wildman–Crippen MR) is 102 cm³/mol. The van der Waals surface area contributed by atoms with Crippen LogP contribution in [0.3, 0.4) is 0 Å². The van der Waals surface area contributed by atoms with Crippen LogP contribution in [-0.4, -0.2) is 22.5 Å². The number of benzene rings is 2. The summed E-state index contributed by atoms with van der Waals surface area (Å²) in [4.78, 5) is 15.4. The number of nitriles is 1. The third kappa shape index (κ3) is 3.88. The highest BCUT2D eigenvalue weighted by molar-refractivity contribution is 6.30. The van der Waals surface area contributed by atoms with Gasteiger partial charge in [-0.2, -0.15) is 5.26 Å². The van der Waals surface area contributed by atoms with Gasteiger partial charge in [0.25, 0.3) is 5.91 Å². The fourth-order valence-corrected chi connectivity index (χ4v) is 2.87. The second-order valence-electron chi connectivity index (χ2n) is 5.74. The van der Waals surface area contributed by atoms with Crippen LogP contribution >= 0.6 is 11.6 Å². The van der Waals surface area contributed by atoms with Gasteiger partial charge < -0.3 is 15.4 Å². The number of H-pyrrole nitrogens is 1. The summed E-state index contributed by atoms with van der Waals surface area (Å²) in [7, 11) is 0. The summed E-state index contributed by atoms with van der Waals surface area (Å²) in [6.45, 7) is 0.390. The van der Waals surface area contributed by atoms with E-state index in [2.05, 4.69) is 10.3 Å².